The van der Waals surface area contributed by atoms with Gasteiger partial charge in [0.05, 0.1) is 11.8 Å². The van der Waals surface area contributed by atoms with E-state index in [9.17, 15) is 4.79 Å². The van der Waals surface area contributed by atoms with E-state index in [1.54, 1.807) is 16.9 Å². The first-order valence-corrected chi connectivity index (χ1v) is 8.54. The molecule has 0 aromatic carbocycles. The van der Waals surface area contributed by atoms with E-state index in [1.807, 2.05) is 30.4 Å². The maximum absolute atomic E-state index is 12.7. The first-order valence-electron chi connectivity index (χ1n) is 8.54. The summed E-state index contributed by atoms with van der Waals surface area (Å²) >= 11 is 0. The lowest BCUT2D eigenvalue weighted by Crippen LogP contribution is -2.49. The zero-order chi connectivity index (χ0) is 17.4. The number of hydrogen-bond acceptors (Lipinski definition) is 5. The predicted molar refractivity (Wildman–Crippen MR) is 91.8 cm³/mol. The van der Waals surface area contributed by atoms with Crippen molar-refractivity contribution in [3.05, 3.63) is 41.9 Å². The van der Waals surface area contributed by atoms with Crippen molar-refractivity contribution in [2.45, 2.75) is 12.3 Å². The molecule has 25 heavy (non-hydrogen) atoms. The van der Waals surface area contributed by atoms with Gasteiger partial charge < -0.3 is 9.80 Å². The second-order valence-corrected chi connectivity index (χ2v) is 6.73. The zero-order valence-corrected chi connectivity index (χ0v) is 14.2. The van der Waals surface area contributed by atoms with Crippen molar-refractivity contribution in [3.8, 4) is 6.07 Å². The van der Waals surface area contributed by atoms with Gasteiger partial charge in [-0.05, 0) is 30.0 Å². The van der Waals surface area contributed by atoms with Gasteiger partial charge in [0.15, 0.2) is 0 Å². The third kappa shape index (κ3) is 3.07. The second kappa shape index (κ2) is 6.20. The molecular weight excluding hydrogens is 316 g/mol. The van der Waals surface area contributed by atoms with Crippen LogP contribution in [0.5, 0.6) is 0 Å². The zero-order valence-electron chi connectivity index (χ0n) is 14.2. The average molecular weight is 336 g/mol. The van der Waals surface area contributed by atoms with Crippen LogP contribution in [0.25, 0.3) is 0 Å². The van der Waals surface area contributed by atoms with Crippen LogP contribution < -0.4 is 4.90 Å². The van der Waals surface area contributed by atoms with Gasteiger partial charge in [0.25, 0.3) is 0 Å². The molecule has 1 aliphatic heterocycles. The lowest BCUT2D eigenvalue weighted by Gasteiger charge is -2.35. The molecule has 0 radical (unpaired) electrons. The molecule has 0 bridgehead atoms. The molecule has 0 unspecified atom stereocenters. The van der Waals surface area contributed by atoms with Gasteiger partial charge in [0.2, 0.25) is 5.91 Å². The number of aryl methyl sites for hydroxylation is 1. The van der Waals surface area contributed by atoms with Crippen molar-refractivity contribution < 1.29 is 4.79 Å². The SMILES string of the molecule is Cn1cc([C@@H]2C[C@H]2C(=O)N2CCN(c3ccc(C#N)cn3)CC2)cn1. The summed E-state index contributed by atoms with van der Waals surface area (Å²) in [6.45, 7) is 2.98. The number of nitriles is 1. The van der Waals surface area contributed by atoms with Crippen LogP contribution in [0.1, 0.15) is 23.5 Å². The Morgan fingerprint density at radius 3 is 2.64 bits per heavy atom. The summed E-state index contributed by atoms with van der Waals surface area (Å²) < 4.78 is 1.79. The highest BCUT2D eigenvalue weighted by Crippen LogP contribution is 2.48. The molecule has 2 aliphatic rings. The number of amides is 1. The first kappa shape index (κ1) is 15.6. The quantitative estimate of drug-likeness (QED) is 0.840. The van der Waals surface area contributed by atoms with Crippen molar-refractivity contribution in [1.29, 1.82) is 5.26 Å². The minimum absolute atomic E-state index is 0.115. The largest absolute Gasteiger partial charge is 0.353 e. The number of pyridine rings is 1. The third-order valence-electron chi connectivity index (χ3n) is 5.05. The number of piperazine rings is 1. The van der Waals surface area contributed by atoms with Crippen LogP contribution in [0, 0.1) is 17.2 Å². The van der Waals surface area contributed by atoms with Crippen molar-refractivity contribution in [2.24, 2.45) is 13.0 Å². The maximum atomic E-state index is 12.7. The van der Waals surface area contributed by atoms with E-state index < -0.39 is 0 Å². The number of hydrogen-bond donors (Lipinski definition) is 0. The minimum Gasteiger partial charge on any atom is -0.353 e. The van der Waals surface area contributed by atoms with E-state index in [2.05, 4.69) is 21.1 Å². The van der Waals surface area contributed by atoms with Gasteiger partial charge in [-0.2, -0.15) is 10.4 Å². The number of anilines is 1. The molecule has 1 amide bonds. The highest BCUT2D eigenvalue weighted by atomic mass is 16.2. The highest BCUT2D eigenvalue weighted by Gasteiger charge is 2.46. The van der Waals surface area contributed by atoms with E-state index >= 15 is 0 Å². The number of nitrogens with zero attached hydrogens (tertiary/aromatic N) is 6. The van der Waals surface area contributed by atoms with Crippen LogP contribution in [0.3, 0.4) is 0 Å². The monoisotopic (exact) mass is 336 g/mol. The Hall–Kier alpha value is -2.88. The van der Waals surface area contributed by atoms with Gasteiger partial charge in [-0.3, -0.25) is 9.48 Å². The number of carbonyl (C=O) groups excluding carboxylic acids is 1. The van der Waals surface area contributed by atoms with Crippen LogP contribution in [-0.2, 0) is 11.8 Å². The van der Waals surface area contributed by atoms with Crippen LogP contribution in [0.4, 0.5) is 5.82 Å². The number of carbonyl (C=O) groups is 1. The first-order chi connectivity index (χ1) is 12.2. The standard InChI is InChI=1S/C18H20N6O/c1-22-12-14(11-21-22)15-8-16(15)18(25)24-6-4-23(5-7-24)17-3-2-13(9-19)10-20-17/h2-3,10-12,15-16H,4-8H2,1H3/t15-,16+/m0/s1. The lowest BCUT2D eigenvalue weighted by molar-refractivity contribution is -0.133. The molecule has 2 fully saturated rings. The van der Waals surface area contributed by atoms with Crippen molar-refractivity contribution in [1.82, 2.24) is 19.7 Å². The third-order valence-corrected chi connectivity index (χ3v) is 5.05. The second-order valence-electron chi connectivity index (χ2n) is 6.73. The predicted octanol–water partition coefficient (Wildman–Crippen LogP) is 1.14. The average Bonchev–Trinajstić information content (AvgIpc) is 3.35. The van der Waals surface area contributed by atoms with E-state index in [0.717, 1.165) is 38.4 Å². The van der Waals surface area contributed by atoms with Crippen molar-refractivity contribution >= 4 is 11.7 Å². The fraction of sp³-hybridized carbons (Fsp3) is 0.444. The summed E-state index contributed by atoms with van der Waals surface area (Å²) in [5.74, 6) is 1.58. The summed E-state index contributed by atoms with van der Waals surface area (Å²) in [5.41, 5.74) is 1.73. The molecule has 2 atom stereocenters. The van der Waals surface area contributed by atoms with Gasteiger partial charge in [-0.1, -0.05) is 0 Å². The molecule has 1 saturated carbocycles. The van der Waals surface area contributed by atoms with Gasteiger partial charge in [-0.15, -0.1) is 0 Å². The van der Waals surface area contributed by atoms with Gasteiger partial charge in [0.1, 0.15) is 11.9 Å². The Kier molecular flexibility index (Phi) is 3.88. The van der Waals surface area contributed by atoms with Gasteiger partial charge in [-0.25, -0.2) is 4.98 Å². The van der Waals surface area contributed by atoms with Crippen LogP contribution in [0.2, 0.25) is 0 Å². The van der Waals surface area contributed by atoms with Crippen molar-refractivity contribution in [2.75, 3.05) is 31.1 Å². The Morgan fingerprint density at radius 2 is 2.04 bits per heavy atom. The van der Waals surface area contributed by atoms with Gasteiger partial charge in [0, 0.05) is 51.5 Å². The fourth-order valence-electron chi connectivity index (χ4n) is 3.50. The van der Waals surface area contributed by atoms with Crippen LogP contribution in [0.15, 0.2) is 30.7 Å². The van der Waals surface area contributed by atoms with E-state index in [4.69, 9.17) is 5.26 Å². The molecule has 1 saturated heterocycles. The Labute approximate surface area is 146 Å². The normalized spacial score (nSPS) is 22.6. The fourth-order valence-corrected chi connectivity index (χ4v) is 3.50. The number of rotatable bonds is 3. The molecular formula is C18H20N6O. The summed E-state index contributed by atoms with van der Waals surface area (Å²) in [5, 5.41) is 13.0. The molecule has 3 heterocycles. The molecule has 7 heteroatoms. The number of aromatic nitrogens is 3. The molecule has 0 N–H and O–H groups in total. The van der Waals surface area contributed by atoms with Crippen LogP contribution in [-0.4, -0.2) is 51.8 Å². The topological polar surface area (TPSA) is 78.0 Å². The lowest BCUT2D eigenvalue weighted by atomic mass is 10.1. The Balaban J connectivity index is 1.33. The molecule has 128 valence electrons. The molecule has 2 aromatic rings. The maximum Gasteiger partial charge on any atom is 0.226 e. The summed E-state index contributed by atoms with van der Waals surface area (Å²) in [6.07, 6.45) is 6.40. The van der Waals surface area contributed by atoms with E-state index in [0.29, 0.717) is 11.5 Å². The van der Waals surface area contributed by atoms with Crippen molar-refractivity contribution in [3.63, 3.8) is 0 Å². The minimum atomic E-state index is 0.115. The highest BCUT2D eigenvalue weighted by molar-refractivity contribution is 5.83. The molecule has 0 spiro atoms. The Bertz CT molecular complexity index is 813. The molecule has 2 aromatic heterocycles. The molecule has 1 aliphatic carbocycles. The summed E-state index contributed by atoms with van der Waals surface area (Å²) in [4.78, 5) is 21.2. The van der Waals surface area contributed by atoms with E-state index in [-0.39, 0.29) is 11.8 Å². The summed E-state index contributed by atoms with van der Waals surface area (Å²) in [7, 11) is 1.90. The van der Waals surface area contributed by atoms with Gasteiger partial charge >= 0.3 is 0 Å². The molecule has 4 rings (SSSR count). The smallest absolute Gasteiger partial charge is 0.226 e. The Morgan fingerprint density at radius 1 is 1.24 bits per heavy atom. The molecule has 7 nitrogen and oxygen atoms in total. The van der Waals surface area contributed by atoms with Crippen LogP contribution >= 0.6 is 0 Å². The summed E-state index contributed by atoms with van der Waals surface area (Å²) in [6, 6.07) is 5.73. The van der Waals surface area contributed by atoms with E-state index in [1.165, 1.54) is 5.56 Å².